The predicted octanol–water partition coefficient (Wildman–Crippen LogP) is 3.67. The van der Waals surface area contributed by atoms with Crippen LogP contribution in [0.1, 0.15) is 36.5 Å². The molecule has 156 valence electrons. The van der Waals surface area contributed by atoms with Gasteiger partial charge in [-0.15, -0.1) is 0 Å². The Kier molecular flexibility index (Phi) is 7.88. The lowest BCUT2D eigenvalue weighted by Crippen LogP contribution is -2.24. The van der Waals surface area contributed by atoms with E-state index in [1.807, 2.05) is 25.1 Å². The minimum Gasteiger partial charge on any atom is -0.493 e. The summed E-state index contributed by atoms with van der Waals surface area (Å²) in [7, 11) is 4.60. The number of rotatable bonds is 9. The van der Waals surface area contributed by atoms with Gasteiger partial charge < -0.3 is 18.9 Å². The number of amides is 1. The summed E-state index contributed by atoms with van der Waals surface area (Å²) in [4.78, 5) is 12.0. The number of carbonyl (C=O) groups excluding carboxylic acids is 1. The first kappa shape index (κ1) is 22.1. The zero-order valence-corrected chi connectivity index (χ0v) is 17.7. The van der Waals surface area contributed by atoms with E-state index in [-0.39, 0.29) is 12.5 Å². The molecule has 2 aromatic rings. The Morgan fingerprint density at radius 2 is 1.72 bits per heavy atom. The Morgan fingerprint density at radius 1 is 1.07 bits per heavy atom. The molecule has 0 aromatic heterocycles. The van der Waals surface area contributed by atoms with Gasteiger partial charge in [0.1, 0.15) is 5.75 Å². The fourth-order valence-electron chi connectivity index (χ4n) is 2.92. The van der Waals surface area contributed by atoms with E-state index in [9.17, 15) is 4.79 Å². The van der Waals surface area contributed by atoms with Crippen LogP contribution in [0.4, 0.5) is 0 Å². The van der Waals surface area contributed by atoms with Crippen molar-refractivity contribution in [2.45, 2.75) is 26.7 Å². The Bertz CT molecular complexity index is 852. The maximum Gasteiger partial charge on any atom is 0.277 e. The van der Waals surface area contributed by atoms with Gasteiger partial charge in [0.2, 0.25) is 5.75 Å². The summed E-state index contributed by atoms with van der Waals surface area (Å²) in [5.41, 5.74) is 5.52. The Balaban J connectivity index is 1.95. The van der Waals surface area contributed by atoms with Crippen molar-refractivity contribution < 1.29 is 23.7 Å². The van der Waals surface area contributed by atoms with Gasteiger partial charge in [-0.3, -0.25) is 4.79 Å². The molecule has 0 aliphatic rings. The highest BCUT2D eigenvalue weighted by Gasteiger charge is 2.12. The lowest BCUT2D eigenvalue weighted by atomic mass is 9.98. The Hall–Kier alpha value is -3.22. The molecule has 0 aliphatic heterocycles. The number of hydrogen-bond donors (Lipinski definition) is 1. The number of nitrogens with zero attached hydrogens (tertiary/aromatic N) is 1. The highest BCUT2D eigenvalue weighted by Crippen LogP contribution is 2.37. The molecule has 2 aromatic carbocycles. The van der Waals surface area contributed by atoms with E-state index < -0.39 is 0 Å². The predicted molar refractivity (Wildman–Crippen MR) is 113 cm³/mol. The number of carbonyl (C=O) groups is 1. The monoisotopic (exact) mass is 400 g/mol. The SMILES string of the molecule is COc1cc(/C=N/NC(=O)COc2ccc(C(C)C)c(C)c2)cc(OC)c1OC. The zero-order valence-electron chi connectivity index (χ0n) is 17.7. The van der Waals surface area contributed by atoms with Crippen LogP contribution in [0.15, 0.2) is 35.4 Å². The second-order valence-electron chi connectivity index (χ2n) is 6.71. The van der Waals surface area contributed by atoms with Gasteiger partial charge >= 0.3 is 0 Å². The molecule has 0 aliphatic carbocycles. The average molecular weight is 400 g/mol. The number of methoxy groups -OCH3 is 3. The van der Waals surface area contributed by atoms with Gasteiger partial charge in [-0.05, 0) is 48.2 Å². The van der Waals surface area contributed by atoms with Crippen LogP contribution in [-0.4, -0.2) is 40.1 Å². The van der Waals surface area contributed by atoms with Gasteiger partial charge in [-0.25, -0.2) is 5.43 Å². The van der Waals surface area contributed by atoms with Crippen molar-refractivity contribution in [3.05, 3.63) is 47.0 Å². The molecule has 0 saturated carbocycles. The number of hydrazone groups is 1. The number of benzene rings is 2. The summed E-state index contributed by atoms with van der Waals surface area (Å²) < 4.78 is 21.4. The molecular formula is C22H28N2O5. The second-order valence-corrected chi connectivity index (χ2v) is 6.71. The Labute approximate surface area is 171 Å². The molecule has 0 unspecified atom stereocenters. The van der Waals surface area contributed by atoms with Gasteiger partial charge in [-0.2, -0.15) is 5.10 Å². The molecule has 0 saturated heterocycles. The standard InChI is InChI=1S/C22H28N2O5/c1-14(2)18-8-7-17(9-15(18)3)29-13-21(25)24-23-12-16-10-19(26-4)22(28-6)20(11-16)27-5/h7-12,14H,13H2,1-6H3,(H,24,25)/b23-12+. The molecule has 7 nitrogen and oxygen atoms in total. The molecule has 0 radical (unpaired) electrons. The summed E-state index contributed by atoms with van der Waals surface area (Å²) in [6.07, 6.45) is 1.49. The largest absolute Gasteiger partial charge is 0.493 e. The third kappa shape index (κ3) is 5.88. The van der Waals surface area contributed by atoms with Crippen LogP contribution in [0.25, 0.3) is 0 Å². The third-order valence-corrected chi connectivity index (χ3v) is 4.32. The maximum absolute atomic E-state index is 12.0. The fraction of sp³-hybridized carbons (Fsp3) is 0.364. The number of hydrogen-bond acceptors (Lipinski definition) is 6. The van der Waals surface area contributed by atoms with Crippen LogP contribution in [0.2, 0.25) is 0 Å². The topological polar surface area (TPSA) is 78.4 Å². The van der Waals surface area contributed by atoms with Crippen LogP contribution in [-0.2, 0) is 4.79 Å². The fourth-order valence-corrected chi connectivity index (χ4v) is 2.92. The molecule has 7 heteroatoms. The van der Waals surface area contributed by atoms with Crippen LogP contribution in [0.3, 0.4) is 0 Å². The zero-order chi connectivity index (χ0) is 21.4. The van der Waals surface area contributed by atoms with Crippen molar-refractivity contribution >= 4 is 12.1 Å². The van der Waals surface area contributed by atoms with Crippen molar-refractivity contribution in [1.29, 1.82) is 0 Å². The summed E-state index contributed by atoms with van der Waals surface area (Å²) >= 11 is 0. The maximum atomic E-state index is 12.0. The lowest BCUT2D eigenvalue weighted by Gasteiger charge is -2.12. The van der Waals surface area contributed by atoms with Crippen molar-refractivity contribution in [2.75, 3.05) is 27.9 Å². The molecule has 0 bridgehead atoms. The van der Waals surface area contributed by atoms with E-state index in [0.29, 0.717) is 34.5 Å². The van der Waals surface area contributed by atoms with E-state index in [4.69, 9.17) is 18.9 Å². The number of aryl methyl sites for hydroxylation is 1. The first-order chi connectivity index (χ1) is 13.9. The first-order valence-corrected chi connectivity index (χ1v) is 9.24. The van der Waals surface area contributed by atoms with Gasteiger partial charge in [0, 0.05) is 5.56 Å². The first-order valence-electron chi connectivity index (χ1n) is 9.24. The summed E-state index contributed by atoms with van der Waals surface area (Å²) in [6.45, 7) is 6.18. The van der Waals surface area contributed by atoms with Crippen LogP contribution >= 0.6 is 0 Å². The van der Waals surface area contributed by atoms with Crippen molar-refractivity contribution in [2.24, 2.45) is 5.10 Å². The van der Waals surface area contributed by atoms with Crippen LogP contribution in [0, 0.1) is 6.92 Å². The van der Waals surface area contributed by atoms with Gasteiger partial charge in [0.05, 0.1) is 27.5 Å². The summed E-state index contributed by atoms with van der Waals surface area (Å²) in [5.74, 6) is 2.22. The average Bonchev–Trinajstić information content (AvgIpc) is 2.71. The second kappa shape index (κ2) is 10.4. The molecule has 1 N–H and O–H groups in total. The molecule has 0 fully saturated rings. The molecule has 29 heavy (non-hydrogen) atoms. The van der Waals surface area contributed by atoms with E-state index in [2.05, 4.69) is 24.4 Å². The highest BCUT2D eigenvalue weighted by atomic mass is 16.5. The highest BCUT2D eigenvalue weighted by molar-refractivity contribution is 5.84. The lowest BCUT2D eigenvalue weighted by molar-refractivity contribution is -0.123. The summed E-state index contributed by atoms with van der Waals surface area (Å²) in [5, 5.41) is 3.96. The van der Waals surface area contributed by atoms with E-state index in [0.717, 1.165) is 5.56 Å². The molecule has 0 spiro atoms. The third-order valence-electron chi connectivity index (χ3n) is 4.32. The van der Waals surface area contributed by atoms with E-state index >= 15 is 0 Å². The van der Waals surface area contributed by atoms with Gasteiger partial charge in [0.25, 0.3) is 5.91 Å². The van der Waals surface area contributed by atoms with Crippen molar-refractivity contribution in [1.82, 2.24) is 5.43 Å². The Morgan fingerprint density at radius 3 is 2.24 bits per heavy atom. The number of ether oxygens (including phenoxy) is 4. The minimum absolute atomic E-state index is 0.132. The molecule has 1 amide bonds. The van der Waals surface area contributed by atoms with Gasteiger partial charge in [0.15, 0.2) is 18.1 Å². The smallest absolute Gasteiger partial charge is 0.277 e. The van der Waals surface area contributed by atoms with E-state index in [1.165, 1.54) is 33.1 Å². The summed E-state index contributed by atoms with van der Waals surface area (Å²) in [6, 6.07) is 9.28. The molecule has 2 rings (SSSR count). The molecule has 0 atom stereocenters. The van der Waals surface area contributed by atoms with E-state index in [1.54, 1.807) is 12.1 Å². The normalized spacial score (nSPS) is 10.9. The molecule has 0 heterocycles. The quantitative estimate of drug-likeness (QED) is 0.513. The molecular weight excluding hydrogens is 372 g/mol. The van der Waals surface area contributed by atoms with Crippen molar-refractivity contribution in [3.63, 3.8) is 0 Å². The number of nitrogens with one attached hydrogen (secondary N) is 1. The minimum atomic E-state index is -0.362. The van der Waals surface area contributed by atoms with Gasteiger partial charge in [-0.1, -0.05) is 19.9 Å². The van der Waals surface area contributed by atoms with Crippen molar-refractivity contribution in [3.8, 4) is 23.0 Å². The van der Waals surface area contributed by atoms with Crippen LogP contribution < -0.4 is 24.4 Å². The van der Waals surface area contributed by atoms with Crippen LogP contribution in [0.5, 0.6) is 23.0 Å².